The van der Waals surface area contributed by atoms with Gasteiger partial charge in [0.25, 0.3) is 0 Å². The maximum absolute atomic E-state index is 3.06. The summed E-state index contributed by atoms with van der Waals surface area (Å²) in [5.41, 5.74) is 15.1. The molecule has 0 saturated carbocycles. The minimum atomic E-state index is -3.06. The average Bonchev–Trinajstić information content (AvgIpc) is 3.53. The number of rotatable bonds is 4. The van der Waals surface area contributed by atoms with Crippen LogP contribution < -0.4 is 0 Å². The van der Waals surface area contributed by atoms with Gasteiger partial charge in [-0.25, -0.2) is 0 Å². The molecule has 0 aliphatic heterocycles. The van der Waals surface area contributed by atoms with E-state index in [1.54, 1.807) is 20.0 Å². The van der Waals surface area contributed by atoms with Crippen LogP contribution >= 0.6 is 0 Å². The van der Waals surface area contributed by atoms with E-state index < -0.39 is 21.0 Å². The Bertz CT molecular complexity index is 1720. The quantitative estimate of drug-likeness (QED) is 0.182. The van der Waals surface area contributed by atoms with Crippen LogP contribution in [0, 0.1) is 5.41 Å². The molecular formula is C44H50Hf. The Morgan fingerprint density at radius 3 is 1.38 bits per heavy atom. The fourth-order valence-corrected chi connectivity index (χ4v) is 21.7. The van der Waals surface area contributed by atoms with E-state index in [9.17, 15) is 0 Å². The summed E-state index contributed by atoms with van der Waals surface area (Å²) in [6, 6.07) is 37.7. The minimum absolute atomic E-state index is 0.0875. The Kier molecular flexibility index (Phi) is 8.35. The molecule has 2 aliphatic rings. The van der Waals surface area contributed by atoms with Crippen LogP contribution in [0.2, 0.25) is 3.67 Å². The van der Waals surface area contributed by atoms with Gasteiger partial charge in [0, 0.05) is 0 Å². The molecule has 0 nitrogen and oxygen atoms in total. The summed E-state index contributed by atoms with van der Waals surface area (Å²) in [4.78, 5) is 0. The molecule has 45 heavy (non-hydrogen) atoms. The van der Waals surface area contributed by atoms with Gasteiger partial charge in [-0.1, -0.05) is 0 Å². The molecule has 1 unspecified atom stereocenters. The zero-order chi connectivity index (χ0) is 32.3. The molecule has 0 heterocycles. The monoisotopic (exact) mass is 758 g/mol. The SMILES string of the molecule is CC1=CC(C(C)(C)C)=C[CH]1[Hf](=[C](c1ccccc1)c1ccccc1)[CH]1c2cc(C(C)(C)C)ccc2-c2ccc(C(C)(C)C)cc21. The third-order valence-electron chi connectivity index (χ3n) is 9.89. The molecule has 230 valence electrons. The van der Waals surface area contributed by atoms with E-state index in [0.29, 0.717) is 7.35 Å². The first-order valence-corrected chi connectivity index (χ1v) is 22.6. The van der Waals surface area contributed by atoms with Gasteiger partial charge in [0.2, 0.25) is 0 Å². The summed E-state index contributed by atoms with van der Waals surface area (Å²) < 4.78 is 2.56. The van der Waals surface area contributed by atoms with E-state index in [1.807, 2.05) is 0 Å². The van der Waals surface area contributed by atoms with Crippen molar-refractivity contribution in [2.24, 2.45) is 5.41 Å². The number of fused-ring (bicyclic) bond motifs is 3. The molecule has 4 aromatic rings. The van der Waals surface area contributed by atoms with Crippen molar-refractivity contribution in [1.82, 2.24) is 0 Å². The molecule has 0 radical (unpaired) electrons. The first-order valence-electron chi connectivity index (χ1n) is 16.7. The summed E-state index contributed by atoms with van der Waals surface area (Å²) in [6.45, 7) is 23.7. The second-order valence-electron chi connectivity index (χ2n) is 16.3. The van der Waals surface area contributed by atoms with Gasteiger partial charge in [0.05, 0.1) is 0 Å². The van der Waals surface area contributed by atoms with Crippen LogP contribution in [0.5, 0.6) is 0 Å². The van der Waals surface area contributed by atoms with Gasteiger partial charge in [-0.2, -0.15) is 0 Å². The zero-order valence-electron chi connectivity index (χ0n) is 29.0. The van der Waals surface area contributed by atoms with Gasteiger partial charge in [-0.05, 0) is 0 Å². The molecule has 0 aromatic heterocycles. The summed E-state index contributed by atoms with van der Waals surface area (Å²) in [6.07, 6.45) is 5.25. The van der Waals surface area contributed by atoms with Crippen molar-refractivity contribution in [1.29, 1.82) is 0 Å². The maximum atomic E-state index is 2.71. The Hall–Kier alpha value is -2.90. The van der Waals surface area contributed by atoms with Gasteiger partial charge < -0.3 is 0 Å². The molecule has 0 saturated heterocycles. The van der Waals surface area contributed by atoms with E-state index in [1.165, 1.54) is 39.0 Å². The van der Waals surface area contributed by atoms with Crippen molar-refractivity contribution in [2.75, 3.05) is 0 Å². The Morgan fingerprint density at radius 2 is 1.00 bits per heavy atom. The molecule has 2 aliphatic carbocycles. The second kappa shape index (κ2) is 11.7. The van der Waals surface area contributed by atoms with Crippen molar-refractivity contribution in [3.05, 3.63) is 154 Å². The fourth-order valence-electron chi connectivity index (χ4n) is 7.21. The van der Waals surface area contributed by atoms with E-state index in [-0.39, 0.29) is 16.2 Å². The molecule has 0 fully saturated rings. The van der Waals surface area contributed by atoms with Crippen LogP contribution in [0.1, 0.15) is 106 Å². The standard InChI is InChI=1S/C21H25.C13H10.C10H15.Hf/c1-20(2,3)16-7-9-18-14(12-16)11-15-13-17(21(4,5)6)8-10-19(15)18;1-3-7-12(8-4-1)11-13-9-5-2-6-10-13;1-8-5-6-9(7-8)10(2,3)4;/h7-13H,1-6H3;1-10H;5-7H,1-4H3;. The third kappa shape index (κ3) is 6.15. The van der Waals surface area contributed by atoms with E-state index in [4.69, 9.17) is 0 Å². The van der Waals surface area contributed by atoms with Crippen molar-refractivity contribution >= 4 is 3.26 Å². The molecule has 1 heteroatoms. The van der Waals surface area contributed by atoms with E-state index in [0.717, 1.165) is 0 Å². The Balaban J connectivity index is 1.77. The van der Waals surface area contributed by atoms with Gasteiger partial charge in [0.1, 0.15) is 0 Å². The molecule has 0 spiro atoms. The molecule has 0 amide bonds. The first-order chi connectivity index (χ1) is 21.1. The molecule has 0 bridgehead atoms. The number of allylic oxidation sites excluding steroid dienone is 4. The average molecular weight is 757 g/mol. The molecule has 1 atom stereocenters. The summed E-state index contributed by atoms with van der Waals surface area (Å²) in [5.74, 6) is 0. The molecular weight excluding hydrogens is 707 g/mol. The number of hydrogen-bond acceptors (Lipinski definition) is 0. The predicted molar refractivity (Wildman–Crippen MR) is 192 cm³/mol. The third-order valence-corrected chi connectivity index (χ3v) is 23.2. The summed E-state index contributed by atoms with van der Waals surface area (Å²) in [7, 11) is 0. The Morgan fingerprint density at radius 1 is 0.556 bits per heavy atom. The topological polar surface area (TPSA) is 0 Å². The van der Waals surface area contributed by atoms with Crippen molar-refractivity contribution in [3.63, 3.8) is 0 Å². The van der Waals surface area contributed by atoms with Gasteiger partial charge in [-0.3, -0.25) is 0 Å². The Labute approximate surface area is 280 Å². The number of benzene rings is 4. The predicted octanol–water partition coefficient (Wildman–Crippen LogP) is 12.0. The van der Waals surface area contributed by atoms with E-state index >= 15 is 0 Å². The van der Waals surface area contributed by atoms with Crippen molar-refractivity contribution < 1.29 is 21.0 Å². The fraction of sp³-hybridized carbons (Fsp3) is 0.341. The van der Waals surface area contributed by atoms with Crippen LogP contribution in [0.25, 0.3) is 11.1 Å². The number of hydrogen-bond donors (Lipinski definition) is 0. The molecule has 0 N–H and O–H groups in total. The first kappa shape index (κ1) is 32.1. The normalized spacial score (nSPS) is 16.6. The zero-order valence-corrected chi connectivity index (χ0v) is 32.6. The summed E-state index contributed by atoms with van der Waals surface area (Å²) in [5, 5.41) is 0. The van der Waals surface area contributed by atoms with Crippen LogP contribution in [-0.2, 0) is 31.8 Å². The van der Waals surface area contributed by atoms with Gasteiger partial charge >= 0.3 is 282 Å². The molecule has 6 rings (SSSR count). The molecule has 4 aromatic carbocycles. The van der Waals surface area contributed by atoms with Crippen molar-refractivity contribution in [2.45, 2.75) is 87.4 Å². The van der Waals surface area contributed by atoms with Gasteiger partial charge in [-0.15, -0.1) is 0 Å². The van der Waals surface area contributed by atoms with Crippen molar-refractivity contribution in [3.8, 4) is 11.1 Å². The van der Waals surface area contributed by atoms with Crippen LogP contribution in [0.3, 0.4) is 0 Å². The van der Waals surface area contributed by atoms with Crippen LogP contribution in [0.4, 0.5) is 0 Å². The van der Waals surface area contributed by atoms with Crippen LogP contribution in [-0.4, -0.2) is 3.26 Å². The van der Waals surface area contributed by atoms with Crippen LogP contribution in [0.15, 0.2) is 120 Å². The van der Waals surface area contributed by atoms with Gasteiger partial charge in [0.15, 0.2) is 0 Å². The van der Waals surface area contributed by atoms with E-state index in [2.05, 4.69) is 178 Å². The summed E-state index contributed by atoms with van der Waals surface area (Å²) >= 11 is -3.06. The second-order valence-corrected chi connectivity index (χ2v) is 25.7.